The third-order valence-electron chi connectivity index (χ3n) is 3.54. The fourth-order valence-corrected chi connectivity index (χ4v) is 2.43. The van der Waals surface area contributed by atoms with Crippen molar-refractivity contribution in [2.75, 3.05) is 0 Å². The quantitative estimate of drug-likeness (QED) is 0.729. The Kier molecular flexibility index (Phi) is 3.65. The largest absolute Gasteiger partial charge is 0.361 e. The number of fused-ring (bicyclic) bond motifs is 1. The van der Waals surface area contributed by atoms with E-state index in [4.69, 9.17) is 0 Å². The van der Waals surface area contributed by atoms with Crippen molar-refractivity contribution in [2.24, 2.45) is 0 Å². The number of carbonyl (C=O) groups is 2. The highest BCUT2D eigenvalue weighted by Crippen LogP contribution is 2.18. The third-order valence-corrected chi connectivity index (χ3v) is 3.54. The lowest BCUT2D eigenvalue weighted by molar-refractivity contribution is -0.135. The molecular weight excluding hydrogens is 262 g/mol. The van der Waals surface area contributed by atoms with Crippen LogP contribution in [0.25, 0.3) is 10.9 Å². The average molecular weight is 277 g/mol. The van der Waals surface area contributed by atoms with E-state index in [0.717, 1.165) is 22.0 Å². The van der Waals surface area contributed by atoms with Crippen LogP contribution >= 0.6 is 0 Å². The van der Waals surface area contributed by atoms with E-state index >= 15 is 0 Å². The van der Waals surface area contributed by atoms with Crippen LogP contribution in [-0.2, 0) is 22.4 Å². The van der Waals surface area contributed by atoms with Crippen LogP contribution < -0.4 is 0 Å². The lowest BCUT2D eigenvalue weighted by atomic mass is 10.0. The lowest BCUT2D eigenvalue weighted by Gasteiger charge is -2.01. The summed E-state index contributed by atoms with van der Waals surface area (Å²) in [4.78, 5) is 27.2. The van der Waals surface area contributed by atoms with E-state index < -0.39 is 0 Å². The zero-order chi connectivity index (χ0) is 14.7. The Labute approximate surface area is 122 Å². The molecule has 0 atom stereocenters. The third kappa shape index (κ3) is 2.92. The van der Waals surface area contributed by atoms with Gasteiger partial charge in [0.15, 0.2) is 0 Å². The first-order valence-electron chi connectivity index (χ1n) is 6.89. The number of para-hydroxylation sites is 1. The summed E-state index contributed by atoms with van der Waals surface area (Å²) in [5.41, 5.74) is 2.72. The van der Waals surface area contributed by atoms with Gasteiger partial charge in [-0.05, 0) is 17.2 Å². The van der Waals surface area contributed by atoms with Crippen LogP contribution in [0.5, 0.6) is 0 Å². The van der Waals surface area contributed by atoms with E-state index in [-0.39, 0.29) is 24.4 Å². The molecule has 3 heteroatoms. The van der Waals surface area contributed by atoms with Gasteiger partial charge >= 0.3 is 0 Å². The number of nitrogens with one attached hydrogen (secondary N) is 1. The Hall–Kier alpha value is -2.68. The molecule has 0 fully saturated rings. The molecule has 1 heterocycles. The molecule has 0 bridgehead atoms. The molecule has 0 aliphatic carbocycles. The SMILES string of the molecule is O=C(Cc1ccccc1)C(=O)Cc1c[nH]c2ccccc12. The van der Waals surface area contributed by atoms with Gasteiger partial charge in [0, 0.05) is 29.9 Å². The number of hydrogen-bond acceptors (Lipinski definition) is 2. The van der Waals surface area contributed by atoms with Gasteiger partial charge < -0.3 is 4.98 Å². The number of aromatic amines is 1. The van der Waals surface area contributed by atoms with Crippen LogP contribution in [0.2, 0.25) is 0 Å². The van der Waals surface area contributed by atoms with Gasteiger partial charge in [0.1, 0.15) is 0 Å². The first-order valence-corrected chi connectivity index (χ1v) is 6.89. The number of H-pyrrole nitrogens is 1. The van der Waals surface area contributed by atoms with Gasteiger partial charge in [0.2, 0.25) is 11.6 Å². The fraction of sp³-hybridized carbons (Fsp3) is 0.111. The molecule has 3 nitrogen and oxygen atoms in total. The van der Waals surface area contributed by atoms with Crippen molar-refractivity contribution in [3.63, 3.8) is 0 Å². The maximum Gasteiger partial charge on any atom is 0.203 e. The van der Waals surface area contributed by atoms with Crippen LogP contribution in [0.3, 0.4) is 0 Å². The molecule has 104 valence electrons. The molecule has 0 saturated carbocycles. The Balaban J connectivity index is 1.73. The molecule has 0 aliphatic rings. The van der Waals surface area contributed by atoms with Crippen LogP contribution in [0.4, 0.5) is 0 Å². The van der Waals surface area contributed by atoms with E-state index in [9.17, 15) is 9.59 Å². The highest BCUT2D eigenvalue weighted by atomic mass is 16.2. The minimum absolute atomic E-state index is 0.148. The minimum atomic E-state index is -0.344. The van der Waals surface area contributed by atoms with Crippen molar-refractivity contribution in [3.8, 4) is 0 Å². The zero-order valence-corrected chi connectivity index (χ0v) is 11.5. The van der Waals surface area contributed by atoms with Crippen molar-refractivity contribution >= 4 is 22.5 Å². The highest BCUT2D eigenvalue weighted by Gasteiger charge is 2.16. The molecule has 3 aromatic rings. The number of carbonyl (C=O) groups excluding carboxylic acids is 2. The molecule has 0 unspecified atom stereocenters. The summed E-state index contributed by atoms with van der Waals surface area (Å²) in [6, 6.07) is 17.1. The average Bonchev–Trinajstić information content (AvgIpc) is 2.91. The van der Waals surface area contributed by atoms with E-state index in [1.54, 1.807) is 6.20 Å². The number of Topliss-reactive ketones (excluding diaryl/α,β-unsaturated/α-hetero) is 2. The van der Waals surface area contributed by atoms with Crippen molar-refractivity contribution < 1.29 is 9.59 Å². The van der Waals surface area contributed by atoms with Gasteiger partial charge in [-0.2, -0.15) is 0 Å². The lowest BCUT2D eigenvalue weighted by Crippen LogP contribution is -2.18. The van der Waals surface area contributed by atoms with Crippen LogP contribution in [-0.4, -0.2) is 16.6 Å². The highest BCUT2D eigenvalue weighted by molar-refractivity contribution is 6.38. The molecular formula is C18H15NO2. The number of benzene rings is 2. The number of aromatic nitrogens is 1. The summed E-state index contributed by atoms with van der Waals surface area (Å²) in [7, 11) is 0. The molecule has 0 aliphatic heterocycles. The van der Waals surface area contributed by atoms with Crippen LogP contribution in [0.15, 0.2) is 60.8 Å². The standard InChI is InChI=1S/C18H15NO2/c20-17(10-13-6-2-1-3-7-13)18(21)11-14-12-19-16-9-5-4-8-15(14)16/h1-9,12,19H,10-11H2. The Morgan fingerprint density at radius 1 is 0.810 bits per heavy atom. The van der Waals surface area contributed by atoms with Gasteiger partial charge in [-0.3, -0.25) is 9.59 Å². The van der Waals surface area contributed by atoms with Crippen LogP contribution in [0.1, 0.15) is 11.1 Å². The van der Waals surface area contributed by atoms with Crippen molar-refractivity contribution in [2.45, 2.75) is 12.8 Å². The maximum absolute atomic E-state index is 12.1. The molecule has 0 amide bonds. The summed E-state index contributed by atoms with van der Waals surface area (Å²) in [6.07, 6.45) is 2.12. The number of hydrogen-bond donors (Lipinski definition) is 1. The summed E-state index contributed by atoms with van der Waals surface area (Å²) in [5.74, 6) is -0.685. The summed E-state index contributed by atoms with van der Waals surface area (Å²) >= 11 is 0. The Bertz CT molecular complexity index is 787. The summed E-state index contributed by atoms with van der Waals surface area (Å²) in [5, 5.41) is 0.998. The molecule has 0 saturated heterocycles. The van der Waals surface area contributed by atoms with Gasteiger partial charge in [-0.15, -0.1) is 0 Å². The first kappa shape index (κ1) is 13.3. The smallest absolute Gasteiger partial charge is 0.203 e. The monoisotopic (exact) mass is 277 g/mol. The van der Waals surface area contributed by atoms with E-state index in [2.05, 4.69) is 4.98 Å². The van der Waals surface area contributed by atoms with E-state index in [0.29, 0.717) is 0 Å². The second kappa shape index (κ2) is 5.75. The van der Waals surface area contributed by atoms with Crippen LogP contribution in [0, 0.1) is 0 Å². The molecule has 0 radical (unpaired) electrons. The van der Waals surface area contributed by atoms with Gasteiger partial charge in [-0.25, -0.2) is 0 Å². The van der Waals surface area contributed by atoms with E-state index in [1.807, 2.05) is 54.6 Å². The fourth-order valence-electron chi connectivity index (χ4n) is 2.43. The number of rotatable bonds is 5. The van der Waals surface area contributed by atoms with Crippen molar-refractivity contribution in [1.82, 2.24) is 4.98 Å². The predicted octanol–water partition coefficient (Wildman–Crippen LogP) is 3.09. The second-order valence-electron chi connectivity index (χ2n) is 5.05. The normalized spacial score (nSPS) is 10.7. The summed E-state index contributed by atoms with van der Waals surface area (Å²) < 4.78 is 0. The van der Waals surface area contributed by atoms with Gasteiger partial charge in [0.05, 0.1) is 0 Å². The Morgan fingerprint density at radius 2 is 1.48 bits per heavy atom. The topological polar surface area (TPSA) is 49.9 Å². The molecule has 1 aromatic heterocycles. The second-order valence-corrected chi connectivity index (χ2v) is 5.05. The van der Waals surface area contributed by atoms with Crippen molar-refractivity contribution in [3.05, 3.63) is 71.9 Å². The Morgan fingerprint density at radius 3 is 2.29 bits per heavy atom. The number of ketones is 2. The molecule has 3 rings (SSSR count). The molecule has 2 aromatic carbocycles. The summed E-state index contributed by atoms with van der Waals surface area (Å²) in [6.45, 7) is 0. The van der Waals surface area contributed by atoms with Gasteiger partial charge in [0.25, 0.3) is 0 Å². The predicted molar refractivity (Wildman–Crippen MR) is 82.2 cm³/mol. The van der Waals surface area contributed by atoms with Crippen molar-refractivity contribution in [1.29, 1.82) is 0 Å². The van der Waals surface area contributed by atoms with E-state index in [1.165, 1.54) is 0 Å². The first-order chi connectivity index (χ1) is 10.2. The molecule has 21 heavy (non-hydrogen) atoms. The van der Waals surface area contributed by atoms with Gasteiger partial charge in [-0.1, -0.05) is 48.5 Å². The molecule has 0 spiro atoms. The minimum Gasteiger partial charge on any atom is -0.361 e. The zero-order valence-electron chi connectivity index (χ0n) is 11.5. The maximum atomic E-state index is 12.1. The molecule has 1 N–H and O–H groups in total.